The lowest BCUT2D eigenvalue weighted by Gasteiger charge is -2.34. The van der Waals surface area contributed by atoms with Crippen LogP contribution in [0.5, 0.6) is 0 Å². The molecule has 0 aliphatic heterocycles. The Kier molecular flexibility index (Phi) is 9.24. The second-order valence-electron chi connectivity index (χ2n) is 6.92. The molecule has 4 nitrogen and oxygen atoms in total. The van der Waals surface area contributed by atoms with E-state index in [0.29, 0.717) is 11.5 Å². The van der Waals surface area contributed by atoms with E-state index in [1.54, 1.807) is 0 Å². The molecule has 0 heterocycles. The molecule has 0 saturated carbocycles. The molecule has 25 heavy (non-hydrogen) atoms. The van der Waals surface area contributed by atoms with E-state index in [0.717, 1.165) is 50.9 Å². The van der Waals surface area contributed by atoms with Crippen LogP contribution in [0.15, 0.2) is 22.8 Å². The van der Waals surface area contributed by atoms with Gasteiger partial charge in [-0.05, 0) is 57.3 Å². The molecule has 0 bridgehead atoms. The van der Waals surface area contributed by atoms with E-state index >= 15 is 0 Å². The van der Waals surface area contributed by atoms with Crippen molar-refractivity contribution in [2.75, 3.05) is 19.6 Å². The fourth-order valence-electron chi connectivity index (χ4n) is 3.47. The van der Waals surface area contributed by atoms with Crippen molar-refractivity contribution in [1.82, 2.24) is 4.90 Å². The average Bonchev–Trinajstić information content (AvgIpc) is 2.58. The van der Waals surface area contributed by atoms with Gasteiger partial charge in [-0.15, -0.1) is 0 Å². The van der Waals surface area contributed by atoms with Crippen LogP contribution >= 0.6 is 11.6 Å². The first-order valence-electron chi connectivity index (χ1n) is 9.33. The fraction of sp³-hybridized carbons (Fsp3) is 0.700. The zero-order chi connectivity index (χ0) is 18.9. The highest BCUT2D eigenvalue weighted by Crippen LogP contribution is 2.45. The van der Waals surface area contributed by atoms with Crippen molar-refractivity contribution in [2.45, 2.75) is 59.3 Å². The molecule has 0 aromatic carbocycles. The van der Waals surface area contributed by atoms with Crippen molar-refractivity contribution in [1.29, 1.82) is 5.26 Å². The second-order valence-corrected chi connectivity index (χ2v) is 7.33. The van der Waals surface area contributed by atoms with Crippen LogP contribution in [0.1, 0.15) is 59.3 Å². The topological polar surface area (TPSA) is 64.3 Å². The van der Waals surface area contributed by atoms with Crippen LogP contribution in [0, 0.1) is 22.7 Å². The van der Waals surface area contributed by atoms with E-state index in [9.17, 15) is 10.1 Å². The minimum absolute atomic E-state index is 0.0607. The second kappa shape index (κ2) is 10.6. The lowest BCUT2D eigenvalue weighted by atomic mass is 9.70. The summed E-state index contributed by atoms with van der Waals surface area (Å²) in [5.74, 6) is -0.930. The standard InChI is InChI=1S/C20H31ClN2O2/c1-4-12-23(13-5-2)14-6-10-20(15-22)11-9-17(7-8-18(24)25)19(21)16(20)3/h9,11,16H,4-8,10,12-14H2,1-3H3,(H,24,25). The molecule has 1 aliphatic rings. The van der Waals surface area contributed by atoms with Gasteiger partial charge in [0.15, 0.2) is 0 Å². The Balaban J connectivity index is 2.73. The van der Waals surface area contributed by atoms with E-state index in [2.05, 4.69) is 24.8 Å². The number of halogens is 1. The van der Waals surface area contributed by atoms with Crippen molar-refractivity contribution in [3.05, 3.63) is 22.8 Å². The molecule has 2 atom stereocenters. The predicted octanol–water partition coefficient (Wildman–Crippen LogP) is 4.96. The first-order valence-corrected chi connectivity index (χ1v) is 9.71. The Morgan fingerprint density at radius 2 is 2.00 bits per heavy atom. The maximum absolute atomic E-state index is 10.8. The highest BCUT2D eigenvalue weighted by atomic mass is 35.5. The number of rotatable bonds is 11. The maximum Gasteiger partial charge on any atom is 0.303 e. The summed E-state index contributed by atoms with van der Waals surface area (Å²) in [6.45, 7) is 9.55. The molecule has 1 N–H and O–H groups in total. The summed E-state index contributed by atoms with van der Waals surface area (Å²) in [5.41, 5.74) is 0.259. The summed E-state index contributed by atoms with van der Waals surface area (Å²) >= 11 is 6.49. The maximum atomic E-state index is 10.8. The molecule has 1 aliphatic carbocycles. The van der Waals surface area contributed by atoms with E-state index in [-0.39, 0.29) is 12.3 Å². The lowest BCUT2D eigenvalue weighted by Crippen LogP contribution is -2.31. The van der Waals surface area contributed by atoms with Crippen LogP contribution in [-0.2, 0) is 4.79 Å². The largest absolute Gasteiger partial charge is 0.481 e. The molecule has 0 aromatic heterocycles. The predicted molar refractivity (Wildman–Crippen MR) is 102 cm³/mol. The van der Waals surface area contributed by atoms with Gasteiger partial charge >= 0.3 is 5.97 Å². The summed E-state index contributed by atoms with van der Waals surface area (Å²) < 4.78 is 0. The Bertz CT molecular complexity index is 544. The number of allylic oxidation sites excluding steroid dienone is 4. The van der Waals surface area contributed by atoms with Gasteiger partial charge in [0.2, 0.25) is 0 Å². The Labute approximate surface area is 157 Å². The number of aliphatic carboxylic acids is 1. The third-order valence-corrected chi connectivity index (χ3v) is 5.57. The molecular formula is C20H31ClN2O2. The Morgan fingerprint density at radius 1 is 1.36 bits per heavy atom. The quantitative estimate of drug-likeness (QED) is 0.561. The molecule has 1 rings (SSSR count). The van der Waals surface area contributed by atoms with Gasteiger partial charge in [-0.25, -0.2) is 0 Å². The van der Waals surface area contributed by atoms with Gasteiger partial charge in [0.05, 0.1) is 11.5 Å². The Hall–Kier alpha value is -1.31. The number of carboxylic acids is 1. The van der Waals surface area contributed by atoms with Gasteiger partial charge in [-0.1, -0.05) is 44.5 Å². The van der Waals surface area contributed by atoms with Gasteiger partial charge in [0.1, 0.15) is 0 Å². The van der Waals surface area contributed by atoms with Crippen LogP contribution in [0.4, 0.5) is 0 Å². The third-order valence-electron chi connectivity index (χ3n) is 5.00. The van der Waals surface area contributed by atoms with Crippen LogP contribution in [0.3, 0.4) is 0 Å². The SMILES string of the molecule is CCCN(CCC)CCCC1(C#N)C=CC(CCC(=O)O)=C(Cl)C1C. The number of carboxylic acid groups (broad SMARTS) is 1. The van der Waals surface area contributed by atoms with E-state index in [4.69, 9.17) is 16.7 Å². The Morgan fingerprint density at radius 3 is 2.52 bits per heavy atom. The van der Waals surface area contributed by atoms with Crippen LogP contribution in [0.2, 0.25) is 0 Å². The van der Waals surface area contributed by atoms with Crippen molar-refractivity contribution in [3.63, 3.8) is 0 Å². The zero-order valence-electron chi connectivity index (χ0n) is 15.7. The van der Waals surface area contributed by atoms with E-state index in [1.807, 2.05) is 19.1 Å². The average molecular weight is 367 g/mol. The highest BCUT2D eigenvalue weighted by Gasteiger charge is 2.38. The van der Waals surface area contributed by atoms with Crippen molar-refractivity contribution < 1.29 is 9.90 Å². The van der Waals surface area contributed by atoms with Gasteiger partial charge < -0.3 is 10.0 Å². The van der Waals surface area contributed by atoms with Crippen LogP contribution in [0.25, 0.3) is 0 Å². The van der Waals surface area contributed by atoms with Gasteiger partial charge in [0.25, 0.3) is 0 Å². The zero-order valence-corrected chi connectivity index (χ0v) is 16.5. The molecule has 0 saturated heterocycles. The first kappa shape index (κ1) is 21.7. The highest BCUT2D eigenvalue weighted by molar-refractivity contribution is 6.30. The molecule has 5 heteroatoms. The number of carbonyl (C=O) groups is 1. The van der Waals surface area contributed by atoms with Crippen molar-refractivity contribution >= 4 is 17.6 Å². The summed E-state index contributed by atoms with van der Waals surface area (Å²) in [4.78, 5) is 13.2. The van der Waals surface area contributed by atoms with Crippen molar-refractivity contribution in [2.24, 2.45) is 11.3 Å². The molecule has 0 fully saturated rings. The number of nitriles is 1. The van der Waals surface area contributed by atoms with E-state index < -0.39 is 11.4 Å². The van der Waals surface area contributed by atoms with Crippen LogP contribution in [-0.4, -0.2) is 35.6 Å². The molecule has 0 spiro atoms. The molecule has 2 unspecified atom stereocenters. The molecule has 140 valence electrons. The smallest absolute Gasteiger partial charge is 0.303 e. The number of hydrogen-bond acceptors (Lipinski definition) is 3. The number of nitrogens with zero attached hydrogens (tertiary/aromatic N) is 2. The minimum Gasteiger partial charge on any atom is -0.481 e. The van der Waals surface area contributed by atoms with E-state index in [1.165, 1.54) is 0 Å². The van der Waals surface area contributed by atoms with Gasteiger partial charge in [0, 0.05) is 17.4 Å². The van der Waals surface area contributed by atoms with Crippen LogP contribution < -0.4 is 0 Å². The molecule has 0 aromatic rings. The summed E-state index contributed by atoms with van der Waals surface area (Å²) in [6.07, 6.45) is 8.30. The third kappa shape index (κ3) is 6.17. The summed E-state index contributed by atoms with van der Waals surface area (Å²) in [5, 5.41) is 19.3. The molecule has 0 radical (unpaired) electrons. The molecule has 0 amide bonds. The lowest BCUT2D eigenvalue weighted by molar-refractivity contribution is -0.136. The monoisotopic (exact) mass is 366 g/mol. The normalized spacial score (nSPS) is 23.1. The summed E-state index contributed by atoms with van der Waals surface area (Å²) in [6, 6.07) is 2.48. The van der Waals surface area contributed by atoms with Gasteiger partial charge in [-0.3, -0.25) is 4.79 Å². The first-order chi connectivity index (χ1) is 11.9. The van der Waals surface area contributed by atoms with Gasteiger partial charge in [-0.2, -0.15) is 5.26 Å². The minimum atomic E-state index is -0.831. The van der Waals surface area contributed by atoms with Crippen molar-refractivity contribution in [3.8, 4) is 6.07 Å². The summed E-state index contributed by atoms with van der Waals surface area (Å²) in [7, 11) is 0. The fourth-order valence-corrected chi connectivity index (χ4v) is 3.83. The molecular weight excluding hydrogens is 336 g/mol. The number of hydrogen-bond donors (Lipinski definition) is 1.